The molecular weight excluding hydrogens is 334 g/mol. The zero-order valence-electron chi connectivity index (χ0n) is 11.9. The summed E-state index contributed by atoms with van der Waals surface area (Å²) < 4.78 is 5.93. The highest BCUT2D eigenvalue weighted by Crippen LogP contribution is 2.17. The molecule has 1 saturated carbocycles. The second-order valence-corrected chi connectivity index (χ2v) is 6.25. The molecule has 0 unspecified atom stereocenters. The number of halogens is 1. The summed E-state index contributed by atoms with van der Waals surface area (Å²) in [7, 11) is 0. The van der Waals surface area contributed by atoms with Gasteiger partial charge in [0, 0.05) is 10.5 Å². The first kappa shape index (κ1) is 16.0. The van der Waals surface area contributed by atoms with E-state index in [1.807, 2.05) is 0 Å². The number of amides is 1. The highest BCUT2D eigenvalue weighted by Gasteiger charge is 2.16. The van der Waals surface area contributed by atoms with Crippen molar-refractivity contribution in [2.45, 2.75) is 44.6 Å². The number of nitrogens with one attached hydrogen (secondary N) is 1. The zero-order chi connectivity index (χ0) is 15.1. The number of rotatable bonds is 4. The molecule has 0 radical (unpaired) electrons. The number of carbonyl (C=O) groups excluding carboxylic acids is 2. The quantitative estimate of drug-likeness (QED) is 0.666. The Kier molecular flexibility index (Phi) is 6.23. The lowest BCUT2D eigenvalue weighted by Gasteiger charge is -2.16. The van der Waals surface area contributed by atoms with Crippen LogP contribution in [0.15, 0.2) is 28.7 Å². The lowest BCUT2D eigenvalue weighted by molar-refractivity contribution is -0.125. The van der Waals surface area contributed by atoms with Crippen LogP contribution in [0.25, 0.3) is 0 Å². The molecule has 1 amide bonds. The molecule has 21 heavy (non-hydrogen) atoms. The van der Waals surface area contributed by atoms with E-state index in [0.717, 1.165) is 30.2 Å². The van der Waals surface area contributed by atoms with Crippen LogP contribution in [0.5, 0.6) is 0 Å². The Hall–Kier alpha value is -1.36. The minimum atomic E-state index is -0.474. The maximum absolute atomic E-state index is 11.8. The summed E-state index contributed by atoms with van der Waals surface area (Å²) in [6, 6.07) is 7.08. The van der Waals surface area contributed by atoms with Crippen molar-refractivity contribution in [1.82, 2.24) is 5.32 Å². The monoisotopic (exact) mass is 353 g/mol. The van der Waals surface area contributed by atoms with Crippen molar-refractivity contribution in [3.05, 3.63) is 34.3 Å². The fourth-order valence-corrected chi connectivity index (χ4v) is 2.76. The van der Waals surface area contributed by atoms with Gasteiger partial charge in [0.2, 0.25) is 0 Å². The van der Waals surface area contributed by atoms with E-state index in [1.165, 1.54) is 12.8 Å². The van der Waals surface area contributed by atoms with E-state index < -0.39 is 5.97 Å². The Morgan fingerprint density at radius 3 is 2.33 bits per heavy atom. The smallest absolute Gasteiger partial charge is 0.338 e. The molecule has 114 valence electrons. The summed E-state index contributed by atoms with van der Waals surface area (Å²) in [5.74, 6) is -0.689. The molecule has 0 atom stereocenters. The minimum absolute atomic E-state index is 0.215. The molecule has 1 aromatic carbocycles. The molecule has 0 aliphatic heterocycles. The Bertz CT molecular complexity index is 479. The van der Waals surface area contributed by atoms with Crippen LogP contribution in [0.3, 0.4) is 0 Å². The number of ether oxygens (including phenoxy) is 1. The SMILES string of the molecule is O=C(COC(=O)c1ccc(Br)cc1)NC1CCCCCC1. The van der Waals surface area contributed by atoms with Crippen molar-refractivity contribution in [1.29, 1.82) is 0 Å². The van der Waals surface area contributed by atoms with Gasteiger partial charge in [0.15, 0.2) is 6.61 Å². The molecule has 0 aromatic heterocycles. The van der Waals surface area contributed by atoms with Gasteiger partial charge in [-0.2, -0.15) is 0 Å². The maximum Gasteiger partial charge on any atom is 0.338 e. The molecule has 4 nitrogen and oxygen atoms in total. The summed E-state index contributed by atoms with van der Waals surface area (Å²) in [4.78, 5) is 23.6. The minimum Gasteiger partial charge on any atom is -0.452 e. The van der Waals surface area contributed by atoms with Crippen molar-refractivity contribution in [3.63, 3.8) is 0 Å². The molecule has 5 heteroatoms. The standard InChI is InChI=1S/C16H20BrNO3/c17-13-9-7-12(8-10-13)16(20)21-11-15(19)18-14-5-3-1-2-4-6-14/h7-10,14H,1-6,11H2,(H,18,19). The summed E-state index contributed by atoms with van der Waals surface area (Å²) in [6.07, 6.45) is 6.84. The number of benzene rings is 1. The average Bonchev–Trinajstić information content (AvgIpc) is 2.74. The van der Waals surface area contributed by atoms with Crippen LogP contribution < -0.4 is 5.32 Å². The van der Waals surface area contributed by atoms with Gasteiger partial charge in [0.05, 0.1) is 5.56 Å². The molecule has 1 aliphatic carbocycles. The Morgan fingerprint density at radius 2 is 1.71 bits per heavy atom. The first-order chi connectivity index (χ1) is 10.1. The maximum atomic E-state index is 11.8. The van der Waals surface area contributed by atoms with Gasteiger partial charge in [-0.1, -0.05) is 41.6 Å². The summed E-state index contributed by atoms with van der Waals surface area (Å²) in [5, 5.41) is 2.95. The second kappa shape index (κ2) is 8.17. The molecule has 0 saturated heterocycles. The van der Waals surface area contributed by atoms with Crippen molar-refractivity contribution in [2.24, 2.45) is 0 Å². The van der Waals surface area contributed by atoms with Gasteiger partial charge in [-0.15, -0.1) is 0 Å². The number of esters is 1. The molecule has 1 fully saturated rings. The van der Waals surface area contributed by atoms with Crippen LogP contribution in [0, 0.1) is 0 Å². The Labute approximate surface area is 133 Å². The van der Waals surface area contributed by atoms with E-state index in [4.69, 9.17) is 4.74 Å². The number of hydrogen-bond donors (Lipinski definition) is 1. The van der Waals surface area contributed by atoms with Crippen LogP contribution in [0.1, 0.15) is 48.9 Å². The van der Waals surface area contributed by atoms with Crippen LogP contribution in [0.4, 0.5) is 0 Å². The average molecular weight is 354 g/mol. The first-order valence-electron chi connectivity index (χ1n) is 7.37. The van der Waals surface area contributed by atoms with E-state index >= 15 is 0 Å². The Balaban J connectivity index is 1.75. The largest absolute Gasteiger partial charge is 0.452 e. The predicted octanol–water partition coefficient (Wildman–Crippen LogP) is 3.44. The van der Waals surface area contributed by atoms with Gasteiger partial charge in [-0.25, -0.2) is 4.79 Å². The van der Waals surface area contributed by atoms with Crippen molar-refractivity contribution < 1.29 is 14.3 Å². The molecule has 2 rings (SSSR count). The normalized spacial score (nSPS) is 16.0. The lowest BCUT2D eigenvalue weighted by Crippen LogP contribution is -2.37. The molecule has 1 N–H and O–H groups in total. The first-order valence-corrected chi connectivity index (χ1v) is 8.16. The summed E-state index contributed by atoms with van der Waals surface area (Å²) >= 11 is 3.30. The molecule has 0 bridgehead atoms. The fraction of sp³-hybridized carbons (Fsp3) is 0.500. The van der Waals surface area contributed by atoms with Gasteiger partial charge in [-0.05, 0) is 37.1 Å². The fourth-order valence-electron chi connectivity index (χ4n) is 2.49. The van der Waals surface area contributed by atoms with Crippen LogP contribution in [-0.2, 0) is 9.53 Å². The molecule has 1 aliphatic rings. The van der Waals surface area contributed by atoms with Crippen molar-refractivity contribution in [3.8, 4) is 0 Å². The number of hydrogen-bond acceptors (Lipinski definition) is 3. The third-order valence-corrected chi connectivity index (χ3v) is 4.16. The van der Waals surface area contributed by atoms with Gasteiger partial charge in [-0.3, -0.25) is 4.79 Å². The Morgan fingerprint density at radius 1 is 1.10 bits per heavy atom. The van der Waals surface area contributed by atoms with Gasteiger partial charge in [0.25, 0.3) is 5.91 Å². The van der Waals surface area contributed by atoms with Crippen LogP contribution in [0.2, 0.25) is 0 Å². The molecular formula is C16H20BrNO3. The van der Waals surface area contributed by atoms with E-state index in [2.05, 4.69) is 21.2 Å². The lowest BCUT2D eigenvalue weighted by atomic mass is 10.1. The topological polar surface area (TPSA) is 55.4 Å². The molecule has 1 aromatic rings. The third-order valence-electron chi connectivity index (χ3n) is 3.63. The third kappa shape index (κ3) is 5.50. The van der Waals surface area contributed by atoms with E-state index in [1.54, 1.807) is 24.3 Å². The van der Waals surface area contributed by atoms with Gasteiger partial charge in [0.1, 0.15) is 0 Å². The zero-order valence-corrected chi connectivity index (χ0v) is 13.5. The molecule has 0 heterocycles. The van der Waals surface area contributed by atoms with E-state index in [-0.39, 0.29) is 18.6 Å². The van der Waals surface area contributed by atoms with Crippen molar-refractivity contribution in [2.75, 3.05) is 6.61 Å². The summed E-state index contributed by atoms with van der Waals surface area (Å²) in [6.45, 7) is -0.217. The van der Waals surface area contributed by atoms with E-state index in [0.29, 0.717) is 5.56 Å². The highest BCUT2D eigenvalue weighted by atomic mass is 79.9. The summed E-state index contributed by atoms with van der Waals surface area (Å²) in [5.41, 5.74) is 0.445. The highest BCUT2D eigenvalue weighted by molar-refractivity contribution is 9.10. The predicted molar refractivity (Wildman–Crippen MR) is 84.1 cm³/mol. The van der Waals surface area contributed by atoms with Crippen LogP contribution in [-0.4, -0.2) is 24.5 Å². The molecule has 0 spiro atoms. The van der Waals surface area contributed by atoms with Gasteiger partial charge < -0.3 is 10.1 Å². The van der Waals surface area contributed by atoms with Crippen molar-refractivity contribution >= 4 is 27.8 Å². The van der Waals surface area contributed by atoms with Gasteiger partial charge >= 0.3 is 5.97 Å². The van der Waals surface area contributed by atoms with Crippen LogP contribution >= 0.6 is 15.9 Å². The second-order valence-electron chi connectivity index (χ2n) is 5.34. The van der Waals surface area contributed by atoms with E-state index in [9.17, 15) is 9.59 Å². The number of carbonyl (C=O) groups is 2.